The molecule has 1 fully saturated rings. The molecule has 0 saturated carbocycles. The Morgan fingerprint density at radius 3 is 3.22 bits per heavy atom. The smallest absolute Gasteiger partial charge is 0.142 e. The highest BCUT2D eigenvalue weighted by atomic mass is 15.2. The van der Waals surface area contributed by atoms with Crippen LogP contribution in [0.3, 0.4) is 0 Å². The quantitative estimate of drug-likeness (QED) is 0.854. The van der Waals surface area contributed by atoms with Gasteiger partial charge >= 0.3 is 0 Å². The zero-order chi connectivity index (χ0) is 12.4. The van der Waals surface area contributed by atoms with E-state index in [0.717, 1.165) is 35.9 Å². The van der Waals surface area contributed by atoms with Crippen LogP contribution in [-0.4, -0.2) is 41.6 Å². The van der Waals surface area contributed by atoms with Gasteiger partial charge in [-0.3, -0.25) is 0 Å². The molecule has 1 saturated heterocycles. The molecule has 0 spiro atoms. The molecule has 3 rings (SSSR count). The van der Waals surface area contributed by atoms with Gasteiger partial charge in [-0.15, -0.1) is 0 Å². The zero-order valence-electron chi connectivity index (χ0n) is 10.7. The molecule has 1 aliphatic heterocycles. The SMILES string of the molecule is CN(CCC1CCNC1)c1ncnc2[nH]ccc12. The van der Waals surface area contributed by atoms with Crippen molar-refractivity contribution in [2.45, 2.75) is 12.8 Å². The van der Waals surface area contributed by atoms with Crippen LogP contribution < -0.4 is 10.2 Å². The highest BCUT2D eigenvalue weighted by Crippen LogP contribution is 2.22. The van der Waals surface area contributed by atoms with E-state index in [0.29, 0.717) is 0 Å². The largest absolute Gasteiger partial charge is 0.359 e. The van der Waals surface area contributed by atoms with Crippen molar-refractivity contribution in [2.24, 2.45) is 5.92 Å². The molecule has 2 aromatic heterocycles. The molecular weight excluding hydrogens is 226 g/mol. The molecule has 5 heteroatoms. The van der Waals surface area contributed by atoms with E-state index in [2.05, 4.69) is 32.2 Å². The Morgan fingerprint density at radius 1 is 1.44 bits per heavy atom. The summed E-state index contributed by atoms with van der Waals surface area (Å²) in [6.45, 7) is 3.38. The molecule has 2 N–H and O–H groups in total. The van der Waals surface area contributed by atoms with Crippen molar-refractivity contribution >= 4 is 16.9 Å². The lowest BCUT2D eigenvalue weighted by Crippen LogP contribution is -2.23. The van der Waals surface area contributed by atoms with Crippen molar-refractivity contribution in [1.82, 2.24) is 20.3 Å². The number of hydrogen-bond donors (Lipinski definition) is 2. The highest BCUT2D eigenvalue weighted by molar-refractivity contribution is 5.87. The lowest BCUT2D eigenvalue weighted by Gasteiger charge is -2.20. The molecule has 96 valence electrons. The standard InChI is InChI=1S/C13H19N5/c1-18(7-4-10-2-5-14-8-10)13-11-3-6-15-12(11)16-9-17-13/h3,6,9-10,14H,2,4-5,7-8H2,1H3,(H,15,16,17). The van der Waals surface area contributed by atoms with Gasteiger partial charge in [-0.2, -0.15) is 0 Å². The Bertz CT molecular complexity index is 515. The molecule has 1 aliphatic rings. The Kier molecular flexibility index (Phi) is 3.15. The number of rotatable bonds is 4. The Hall–Kier alpha value is -1.62. The summed E-state index contributed by atoms with van der Waals surface area (Å²) in [6, 6.07) is 2.04. The van der Waals surface area contributed by atoms with Crippen molar-refractivity contribution < 1.29 is 0 Å². The number of aromatic nitrogens is 3. The molecular formula is C13H19N5. The summed E-state index contributed by atoms with van der Waals surface area (Å²) in [7, 11) is 2.11. The van der Waals surface area contributed by atoms with Crippen LogP contribution >= 0.6 is 0 Å². The van der Waals surface area contributed by atoms with Crippen LogP contribution in [0.15, 0.2) is 18.6 Å². The monoisotopic (exact) mass is 245 g/mol. The fourth-order valence-electron chi connectivity index (χ4n) is 2.61. The first-order chi connectivity index (χ1) is 8.84. The van der Waals surface area contributed by atoms with Crippen molar-refractivity contribution in [3.8, 4) is 0 Å². The van der Waals surface area contributed by atoms with E-state index in [1.54, 1.807) is 6.33 Å². The summed E-state index contributed by atoms with van der Waals surface area (Å²) in [5.74, 6) is 1.84. The second kappa shape index (κ2) is 4.94. The Morgan fingerprint density at radius 2 is 2.39 bits per heavy atom. The number of nitrogens with one attached hydrogen (secondary N) is 2. The fourth-order valence-corrected chi connectivity index (χ4v) is 2.61. The first kappa shape index (κ1) is 11.5. The van der Waals surface area contributed by atoms with Gasteiger partial charge in [0.2, 0.25) is 0 Å². The number of aromatic amines is 1. The van der Waals surface area contributed by atoms with E-state index >= 15 is 0 Å². The number of fused-ring (bicyclic) bond motifs is 1. The van der Waals surface area contributed by atoms with Crippen molar-refractivity contribution in [1.29, 1.82) is 0 Å². The van der Waals surface area contributed by atoms with Crippen LogP contribution in [0.1, 0.15) is 12.8 Å². The van der Waals surface area contributed by atoms with Crippen LogP contribution in [0, 0.1) is 5.92 Å². The van der Waals surface area contributed by atoms with Crippen LogP contribution in [0.4, 0.5) is 5.82 Å². The molecule has 18 heavy (non-hydrogen) atoms. The summed E-state index contributed by atoms with van der Waals surface area (Å²) >= 11 is 0. The average Bonchev–Trinajstić information content (AvgIpc) is 3.05. The number of anilines is 1. The van der Waals surface area contributed by atoms with E-state index in [1.165, 1.54) is 19.4 Å². The summed E-state index contributed by atoms with van der Waals surface area (Å²) in [5, 5.41) is 4.51. The van der Waals surface area contributed by atoms with Gasteiger partial charge in [-0.25, -0.2) is 9.97 Å². The van der Waals surface area contributed by atoms with Crippen LogP contribution in [0.25, 0.3) is 11.0 Å². The highest BCUT2D eigenvalue weighted by Gasteiger charge is 2.16. The number of hydrogen-bond acceptors (Lipinski definition) is 4. The molecule has 3 heterocycles. The van der Waals surface area contributed by atoms with Gasteiger partial charge in [-0.1, -0.05) is 0 Å². The van der Waals surface area contributed by atoms with Crippen LogP contribution in [0.2, 0.25) is 0 Å². The molecule has 1 unspecified atom stereocenters. The van der Waals surface area contributed by atoms with Gasteiger partial charge in [0.15, 0.2) is 0 Å². The third-order valence-electron chi connectivity index (χ3n) is 3.73. The molecule has 0 aliphatic carbocycles. The molecule has 2 aromatic rings. The maximum absolute atomic E-state index is 4.40. The van der Waals surface area contributed by atoms with Gasteiger partial charge in [-0.05, 0) is 37.9 Å². The first-order valence-corrected chi connectivity index (χ1v) is 6.54. The maximum atomic E-state index is 4.40. The van der Waals surface area contributed by atoms with Crippen LogP contribution in [0.5, 0.6) is 0 Å². The van der Waals surface area contributed by atoms with Gasteiger partial charge < -0.3 is 15.2 Å². The fraction of sp³-hybridized carbons (Fsp3) is 0.538. The third kappa shape index (κ3) is 2.18. The number of nitrogens with zero attached hydrogens (tertiary/aromatic N) is 3. The second-order valence-corrected chi connectivity index (χ2v) is 5.01. The molecule has 0 aromatic carbocycles. The molecule has 5 nitrogen and oxygen atoms in total. The average molecular weight is 245 g/mol. The molecule has 0 amide bonds. The minimum atomic E-state index is 0.816. The van der Waals surface area contributed by atoms with Crippen LogP contribution in [-0.2, 0) is 0 Å². The van der Waals surface area contributed by atoms with Gasteiger partial charge in [0.1, 0.15) is 17.8 Å². The first-order valence-electron chi connectivity index (χ1n) is 6.54. The van der Waals surface area contributed by atoms with E-state index in [4.69, 9.17) is 0 Å². The van der Waals surface area contributed by atoms with Gasteiger partial charge in [0, 0.05) is 19.8 Å². The van der Waals surface area contributed by atoms with Gasteiger partial charge in [0.05, 0.1) is 5.39 Å². The zero-order valence-corrected chi connectivity index (χ0v) is 10.7. The maximum Gasteiger partial charge on any atom is 0.142 e. The predicted molar refractivity (Wildman–Crippen MR) is 72.8 cm³/mol. The summed E-state index contributed by atoms with van der Waals surface area (Å²) in [4.78, 5) is 14.0. The van der Waals surface area contributed by atoms with Gasteiger partial charge in [0.25, 0.3) is 0 Å². The molecule has 1 atom stereocenters. The summed E-state index contributed by atoms with van der Waals surface area (Å²) < 4.78 is 0. The summed E-state index contributed by atoms with van der Waals surface area (Å²) in [5.41, 5.74) is 0.911. The topological polar surface area (TPSA) is 56.8 Å². The summed E-state index contributed by atoms with van der Waals surface area (Å²) in [6.07, 6.45) is 6.07. The van der Waals surface area contributed by atoms with E-state index < -0.39 is 0 Å². The minimum absolute atomic E-state index is 0.816. The lowest BCUT2D eigenvalue weighted by atomic mass is 10.1. The van der Waals surface area contributed by atoms with Crippen molar-refractivity contribution in [3.63, 3.8) is 0 Å². The van der Waals surface area contributed by atoms with E-state index in [9.17, 15) is 0 Å². The lowest BCUT2D eigenvalue weighted by molar-refractivity contribution is 0.533. The Balaban J connectivity index is 1.71. The van der Waals surface area contributed by atoms with Crippen molar-refractivity contribution in [3.05, 3.63) is 18.6 Å². The van der Waals surface area contributed by atoms with E-state index in [1.807, 2.05) is 12.3 Å². The second-order valence-electron chi connectivity index (χ2n) is 5.01. The van der Waals surface area contributed by atoms with Crippen molar-refractivity contribution in [2.75, 3.05) is 31.6 Å². The third-order valence-corrected chi connectivity index (χ3v) is 3.73. The predicted octanol–water partition coefficient (Wildman–Crippen LogP) is 1.39. The molecule has 0 radical (unpaired) electrons. The number of H-pyrrole nitrogens is 1. The van der Waals surface area contributed by atoms with E-state index in [-0.39, 0.29) is 0 Å². The Labute approximate surface area is 107 Å². The minimum Gasteiger partial charge on any atom is -0.359 e. The normalized spacial score (nSPS) is 19.5. The molecule has 0 bridgehead atoms.